The van der Waals surface area contributed by atoms with Gasteiger partial charge in [-0.05, 0) is 25.3 Å². The van der Waals surface area contributed by atoms with Crippen molar-refractivity contribution in [1.29, 1.82) is 0 Å². The molecule has 1 aliphatic heterocycles. The summed E-state index contributed by atoms with van der Waals surface area (Å²) < 4.78 is 5.17. The highest BCUT2D eigenvalue weighted by Gasteiger charge is 2.30. The number of thiophene rings is 1. The van der Waals surface area contributed by atoms with Gasteiger partial charge in [-0.3, -0.25) is 9.59 Å². The Hall–Kier alpha value is -1.89. The van der Waals surface area contributed by atoms with E-state index in [1.165, 1.54) is 18.3 Å². The van der Waals surface area contributed by atoms with Crippen LogP contribution in [0.4, 0.5) is 5.00 Å². The zero-order chi connectivity index (χ0) is 17.7. The Morgan fingerprint density at radius 1 is 1.29 bits per heavy atom. The van der Waals surface area contributed by atoms with E-state index in [2.05, 4.69) is 5.32 Å². The third-order valence-corrected chi connectivity index (χ3v) is 5.12. The molecule has 0 saturated heterocycles. The van der Waals surface area contributed by atoms with E-state index in [9.17, 15) is 14.4 Å². The molecule has 0 atom stereocenters. The third kappa shape index (κ3) is 4.14. The van der Waals surface area contributed by atoms with E-state index >= 15 is 0 Å². The molecule has 0 unspecified atom stereocenters. The van der Waals surface area contributed by atoms with Gasteiger partial charge in [-0.2, -0.15) is 0 Å². The lowest BCUT2D eigenvalue weighted by Crippen LogP contribution is -2.34. The lowest BCUT2D eigenvalue weighted by molar-refractivity contribution is -0.129. The van der Waals surface area contributed by atoms with E-state index in [1.807, 2.05) is 6.92 Å². The molecule has 6 nitrogen and oxygen atoms in total. The van der Waals surface area contributed by atoms with Crippen LogP contribution in [-0.2, 0) is 27.3 Å². The van der Waals surface area contributed by atoms with Crippen molar-refractivity contribution >= 4 is 34.1 Å². The van der Waals surface area contributed by atoms with Crippen molar-refractivity contribution in [2.45, 2.75) is 53.0 Å². The minimum Gasteiger partial charge on any atom is -0.462 e. The SMILES string of the molecule is CCCCC(=O)Nc1sc2c(c1C(=O)OCC)CCN(C(C)=O)C2. The molecule has 1 N–H and O–H groups in total. The number of nitrogens with one attached hydrogen (secondary N) is 1. The predicted octanol–water partition coefficient (Wildman–Crippen LogP) is 2.96. The maximum Gasteiger partial charge on any atom is 0.341 e. The van der Waals surface area contributed by atoms with Crippen LogP contribution in [0.1, 0.15) is 60.8 Å². The van der Waals surface area contributed by atoms with Crippen LogP contribution in [0.15, 0.2) is 0 Å². The zero-order valence-corrected chi connectivity index (χ0v) is 15.3. The fourth-order valence-electron chi connectivity index (χ4n) is 2.71. The molecular formula is C17H24N2O4S. The van der Waals surface area contributed by atoms with Crippen molar-refractivity contribution in [3.8, 4) is 0 Å². The lowest BCUT2D eigenvalue weighted by atomic mass is 10.0. The van der Waals surface area contributed by atoms with Crippen LogP contribution in [0, 0.1) is 0 Å². The van der Waals surface area contributed by atoms with E-state index in [0.717, 1.165) is 23.3 Å². The highest BCUT2D eigenvalue weighted by Crippen LogP contribution is 2.37. The van der Waals surface area contributed by atoms with Gasteiger partial charge in [0.15, 0.2) is 0 Å². The number of carbonyl (C=O) groups excluding carboxylic acids is 3. The maximum absolute atomic E-state index is 12.4. The topological polar surface area (TPSA) is 75.7 Å². The Balaban J connectivity index is 2.30. The normalized spacial score (nSPS) is 13.4. The molecule has 0 bridgehead atoms. The molecular weight excluding hydrogens is 328 g/mol. The second kappa shape index (κ2) is 8.28. The van der Waals surface area contributed by atoms with Crippen molar-refractivity contribution in [2.24, 2.45) is 0 Å². The van der Waals surface area contributed by atoms with E-state index in [-0.39, 0.29) is 18.4 Å². The Bertz CT molecular complexity index is 639. The number of carbonyl (C=O) groups is 3. The minimum atomic E-state index is -0.405. The smallest absolute Gasteiger partial charge is 0.341 e. The molecule has 7 heteroatoms. The summed E-state index contributed by atoms with van der Waals surface area (Å²) in [6.45, 7) is 6.66. The van der Waals surface area contributed by atoms with Gasteiger partial charge in [0.2, 0.25) is 11.8 Å². The molecule has 132 valence electrons. The number of rotatable bonds is 6. The zero-order valence-electron chi connectivity index (χ0n) is 14.4. The van der Waals surface area contributed by atoms with E-state index in [4.69, 9.17) is 4.74 Å². The van der Waals surface area contributed by atoms with Gasteiger partial charge in [-0.1, -0.05) is 13.3 Å². The average molecular weight is 352 g/mol. The second-order valence-electron chi connectivity index (χ2n) is 5.77. The average Bonchev–Trinajstić information content (AvgIpc) is 2.89. The largest absolute Gasteiger partial charge is 0.462 e. The fourth-order valence-corrected chi connectivity index (χ4v) is 3.97. The van der Waals surface area contributed by atoms with Crippen molar-refractivity contribution in [3.63, 3.8) is 0 Å². The molecule has 0 aromatic carbocycles. The molecule has 2 heterocycles. The standard InChI is InChI=1S/C17H24N2O4S/c1-4-6-7-14(21)18-16-15(17(22)23-5-2)12-8-9-19(11(3)20)10-13(12)24-16/h4-10H2,1-3H3,(H,18,21). The summed E-state index contributed by atoms with van der Waals surface area (Å²) in [5.74, 6) is -0.484. The van der Waals surface area contributed by atoms with Crippen molar-refractivity contribution in [2.75, 3.05) is 18.5 Å². The summed E-state index contributed by atoms with van der Waals surface area (Å²) in [6.07, 6.45) is 2.78. The first kappa shape index (κ1) is 18.4. The quantitative estimate of drug-likeness (QED) is 0.799. The summed E-state index contributed by atoms with van der Waals surface area (Å²) in [5, 5.41) is 3.41. The van der Waals surface area contributed by atoms with Crippen LogP contribution in [0.5, 0.6) is 0 Å². The van der Waals surface area contributed by atoms with Gasteiger partial charge in [0.05, 0.1) is 18.7 Å². The highest BCUT2D eigenvalue weighted by atomic mass is 32.1. The summed E-state index contributed by atoms with van der Waals surface area (Å²) in [6, 6.07) is 0. The molecule has 24 heavy (non-hydrogen) atoms. The molecule has 1 aliphatic rings. The molecule has 0 spiro atoms. The van der Waals surface area contributed by atoms with Crippen molar-refractivity contribution in [1.82, 2.24) is 4.90 Å². The molecule has 2 amide bonds. The number of anilines is 1. The van der Waals surface area contributed by atoms with Crippen LogP contribution < -0.4 is 5.32 Å². The number of fused-ring (bicyclic) bond motifs is 1. The molecule has 0 fully saturated rings. The van der Waals surface area contributed by atoms with Gasteiger partial charge in [0.1, 0.15) is 5.00 Å². The number of ether oxygens (including phenoxy) is 1. The maximum atomic E-state index is 12.4. The van der Waals surface area contributed by atoms with Gasteiger partial charge >= 0.3 is 5.97 Å². The Labute approximate surface area is 146 Å². The van der Waals surface area contributed by atoms with Crippen LogP contribution in [0.2, 0.25) is 0 Å². The molecule has 1 aromatic rings. The van der Waals surface area contributed by atoms with Gasteiger partial charge in [0.25, 0.3) is 0 Å². The Morgan fingerprint density at radius 2 is 2.04 bits per heavy atom. The van der Waals surface area contributed by atoms with Crippen LogP contribution >= 0.6 is 11.3 Å². The Kier molecular flexibility index (Phi) is 6.36. The summed E-state index contributed by atoms with van der Waals surface area (Å²) in [5.41, 5.74) is 1.37. The number of esters is 1. The van der Waals surface area contributed by atoms with Crippen LogP contribution in [0.25, 0.3) is 0 Å². The predicted molar refractivity (Wildman–Crippen MR) is 93.2 cm³/mol. The first-order chi connectivity index (χ1) is 11.5. The molecule has 2 rings (SSSR count). The molecule has 1 aromatic heterocycles. The van der Waals surface area contributed by atoms with Gasteiger partial charge in [-0.15, -0.1) is 11.3 Å². The van der Waals surface area contributed by atoms with E-state index in [1.54, 1.807) is 11.8 Å². The third-order valence-electron chi connectivity index (χ3n) is 3.99. The summed E-state index contributed by atoms with van der Waals surface area (Å²) in [4.78, 5) is 38.7. The first-order valence-electron chi connectivity index (χ1n) is 8.34. The molecule has 0 aliphatic carbocycles. The molecule has 0 saturated carbocycles. The number of amides is 2. The van der Waals surface area contributed by atoms with Gasteiger partial charge < -0.3 is 15.0 Å². The monoisotopic (exact) mass is 352 g/mol. The highest BCUT2D eigenvalue weighted by molar-refractivity contribution is 7.17. The number of unbranched alkanes of at least 4 members (excludes halogenated alkanes) is 1. The van der Waals surface area contributed by atoms with Gasteiger partial charge in [0, 0.05) is 24.8 Å². The van der Waals surface area contributed by atoms with Crippen molar-refractivity contribution < 1.29 is 19.1 Å². The van der Waals surface area contributed by atoms with Gasteiger partial charge in [-0.25, -0.2) is 4.79 Å². The number of hydrogen-bond acceptors (Lipinski definition) is 5. The summed E-state index contributed by atoms with van der Waals surface area (Å²) in [7, 11) is 0. The first-order valence-corrected chi connectivity index (χ1v) is 9.16. The number of hydrogen-bond donors (Lipinski definition) is 1. The van der Waals surface area contributed by atoms with E-state index < -0.39 is 5.97 Å². The van der Waals surface area contributed by atoms with Crippen LogP contribution in [-0.4, -0.2) is 35.8 Å². The molecule has 0 radical (unpaired) electrons. The summed E-state index contributed by atoms with van der Waals surface area (Å²) >= 11 is 1.37. The van der Waals surface area contributed by atoms with E-state index in [0.29, 0.717) is 36.5 Å². The minimum absolute atomic E-state index is 0.0141. The fraction of sp³-hybridized carbons (Fsp3) is 0.588. The Morgan fingerprint density at radius 3 is 2.67 bits per heavy atom. The van der Waals surface area contributed by atoms with Crippen LogP contribution in [0.3, 0.4) is 0 Å². The van der Waals surface area contributed by atoms with Crippen molar-refractivity contribution in [3.05, 3.63) is 16.0 Å². The lowest BCUT2D eigenvalue weighted by Gasteiger charge is -2.25. The second-order valence-corrected chi connectivity index (χ2v) is 6.88. The number of nitrogens with zero attached hydrogens (tertiary/aromatic N) is 1.